The van der Waals surface area contributed by atoms with Crippen LogP contribution >= 0.6 is 11.6 Å². The molecule has 0 aliphatic heterocycles. The van der Waals surface area contributed by atoms with Gasteiger partial charge >= 0.3 is 0 Å². The highest BCUT2D eigenvalue weighted by atomic mass is 35.5. The van der Waals surface area contributed by atoms with Gasteiger partial charge in [0, 0.05) is 30.2 Å². The summed E-state index contributed by atoms with van der Waals surface area (Å²) in [5.41, 5.74) is 0.393. The molecule has 0 fully saturated rings. The van der Waals surface area contributed by atoms with Gasteiger partial charge in [0.15, 0.2) is 0 Å². The third-order valence-electron chi connectivity index (χ3n) is 5.78. The van der Waals surface area contributed by atoms with E-state index in [2.05, 4.69) is 5.32 Å². The molecule has 10 nitrogen and oxygen atoms in total. The van der Waals surface area contributed by atoms with Gasteiger partial charge in [-0.3, -0.25) is 24.0 Å². The van der Waals surface area contributed by atoms with Gasteiger partial charge in [-0.05, 0) is 49.7 Å². The molecule has 3 aromatic carbocycles. The highest BCUT2D eigenvalue weighted by Gasteiger charge is 2.32. The Morgan fingerprint density at radius 2 is 1.61 bits per heavy atom. The predicted octanol–water partition coefficient (Wildman–Crippen LogP) is 4.00. The van der Waals surface area contributed by atoms with Crippen molar-refractivity contribution in [3.05, 3.63) is 99.6 Å². The van der Waals surface area contributed by atoms with Crippen LogP contribution in [0.3, 0.4) is 0 Å². The molecule has 0 bridgehead atoms. The fraction of sp³-hybridized carbons (Fsp3) is 0.231. The topological polar surface area (TPSA) is 130 Å². The van der Waals surface area contributed by atoms with E-state index in [1.165, 1.54) is 29.2 Å². The Kier molecular flexibility index (Phi) is 9.43. The zero-order chi connectivity index (χ0) is 27.9. The van der Waals surface area contributed by atoms with Crippen LogP contribution in [0.4, 0.5) is 11.4 Å². The maximum atomic E-state index is 13.7. The number of non-ortho nitro benzene ring substituents is 1. The maximum Gasteiger partial charge on any atom is 0.269 e. The van der Waals surface area contributed by atoms with E-state index in [0.29, 0.717) is 17.1 Å². The molecule has 0 saturated heterocycles. The first-order valence-corrected chi connectivity index (χ1v) is 13.5. The smallest absolute Gasteiger partial charge is 0.269 e. The summed E-state index contributed by atoms with van der Waals surface area (Å²) in [6.07, 6.45) is 0. The maximum absolute atomic E-state index is 13.7. The summed E-state index contributed by atoms with van der Waals surface area (Å²) in [7, 11) is -4.26. The average Bonchev–Trinajstić information content (AvgIpc) is 2.91. The summed E-state index contributed by atoms with van der Waals surface area (Å²) >= 11 is 6.31. The van der Waals surface area contributed by atoms with Gasteiger partial charge in [-0.2, -0.15) is 0 Å². The molecule has 2 amide bonds. The SMILES string of the molecule is CCNC(=O)[C@@H](C)N(Cc1ccccc1Cl)C(=O)CN(c1ccc([N+](=O)[O-])cc1)S(=O)(=O)c1ccccc1. The highest BCUT2D eigenvalue weighted by molar-refractivity contribution is 7.92. The lowest BCUT2D eigenvalue weighted by Crippen LogP contribution is -2.51. The lowest BCUT2D eigenvalue weighted by atomic mass is 10.1. The molecule has 0 unspecified atom stereocenters. The van der Waals surface area contributed by atoms with Crippen LogP contribution in [0.2, 0.25) is 5.02 Å². The van der Waals surface area contributed by atoms with Gasteiger partial charge in [-0.15, -0.1) is 0 Å². The van der Waals surface area contributed by atoms with Crippen molar-refractivity contribution in [2.75, 3.05) is 17.4 Å². The standard InChI is InChI=1S/C26H27ClN4O6S/c1-3-28-26(33)19(2)29(17-20-9-7-8-12-24(20)27)25(32)18-30(21-13-15-22(16-14-21)31(34)35)38(36,37)23-10-5-4-6-11-23/h4-16,19H,3,17-18H2,1-2H3,(H,28,33)/t19-/m1/s1. The zero-order valence-corrected chi connectivity index (χ0v) is 22.4. The van der Waals surface area contributed by atoms with Crippen LogP contribution < -0.4 is 9.62 Å². The normalized spacial score (nSPS) is 11.9. The number of carbonyl (C=O) groups is 2. The number of amides is 2. The van der Waals surface area contributed by atoms with E-state index < -0.39 is 39.3 Å². The van der Waals surface area contributed by atoms with Crippen molar-refractivity contribution in [2.45, 2.75) is 31.3 Å². The van der Waals surface area contributed by atoms with E-state index in [1.54, 1.807) is 56.3 Å². The molecule has 0 radical (unpaired) electrons. The highest BCUT2D eigenvalue weighted by Crippen LogP contribution is 2.27. The second-order valence-corrected chi connectivity index (χ2v) is 10.6. The van der Waals surface area contributed by atoms with E-state index in [1.807, 2.05) is 0 Å². The number of benzene rings is 3. The number of carbonyl (C=O) groups excluding carboxylic acids is 2. The number of rotatable bonds is 11. The number of halogens is 1. The molecule has 12 heteroatoms. The summed E-state index contributed by atoms with van der Waals surface area (Å²) in [5.74, 6) is -1.08. The molecule has 1 N–H and O–H groups in total. The fourth-order valence-corrected chi connectivity index (χ4v) is 5.33. The van der Waals surface area contributed by atoms with E-state index in [0.717, 1.165) is 16.4 Å². The van der Waals surface area contributed by atoms with Crippen molar-refractivity contribution in [1.82, 2.24) is 10.2 Å². The van der Waals surface area contributed by atoms with E-state index in [-0.39, 0.29) is 22.8 Å². The molecule has 38 heavy (non-hydrogen) atoms. The third kappa shape index (κ3) is 6.67. The first-order valence-electron chi connectivity index (χ1n) is 11.7. The Hall–Kier alpha value is -3.96. The summed E-state index contributed by atoms with van der Waals surface area (Å²) in [5, 5.41) is 14.2. The van der Waals surface area contributed by atoms with Gasteiger partial charge in [0.1, 0.15) is 12.6 Å². The van der Waals surface area contributed by atoms with Crippen molar-refractivity contribution in [3.8, 4) is 0 Å². The summed E-state index contributed by atoms with van der Waals surface area (Å²) < 4.78 is 28.2. The number of nitrogens with zero attached hydrogens (tertiary/aromatic N) is 3. The molecule has 1 atom stereocenters. The molecule has 200 valence electrons. The van der Waals surface area contributed by atoms with Crippen molar-refractivity contribution in [1.29, 1.82) is 0 Å². The molecular formula is C26H27ClN4O6S. The molecule has 0 spiro atoms. The number of nitro benzene ring substituents is 1. The van der Waals surface area contributed by atoms with Crippen LogP contribution in [0.5, 0.6) is 0 Å². The number of sulfonamides is 1. The Labute approximate surface area is 226 Å². The van der Waals surface area contributed by atoms with E-state index in [9.17, 15) is 28.1 Å². The number of nitrogens with one attached hydrogen (secondary N) is 1. The molecular weight excluding hydrogens is 532 g/mol. The largest absolute Gasteiger partial charge is 0.355 e. The number of hydrogen-bond donors (Lipinski definition) is 1. The van der Waals surface area contributed by atoms with Crippen LogP contribution in [-0.2, 0) is 26.2 Å². The Balaban J connectivity index is 2.05. The van der Waals surface area contributed by atoms with Crippen molar-refractivity contribution >= 4 is 44.8 Å². The van der Waals surface area contributed by atoms with Crippen LogP contribution in [0.15, 0.2) is 83.8 Å². The van der Waals surface area contributed by atoms with E-state index in [4.69, 9.17) is 11.6 Å². The molecule has 0 saturated carbocycles. The molecule has 0 aliphatic carbocycles. The monoisotopic (exact) mass is 558 g/mol. The van der Waals surface area contributed by atoms with Crippen molar-refractivity contribution in [3.63, 3.8) is 0 Å². The van der Waals surface area contributed by atoms with Gasteiger partial charge in [0.2, 0.25) is 11.8 Å². The van der Waals surface area contributed by atoms with Gasteiger partial charge in [0.25, 0.3) is 15.7 Å². The quantitative estimate of drug-likeness (QED) is 0.280. The van der Waals surface area contributed by atoms with Crippen LogP contribution in [0.1, 0.15) is 19.4 Å². The molecule has 3 aromatic rings. The summed E-state index contributed by atoms with van der Waals surface area (Å²) in [6, 6.07) is 18.2. The summed E-state index contributed by atoms with van der Waals surface area (Å²) in [4.78, 5) is 38.1. The lowest BCUT2D eigenvalue weighted by Gasteiger charge is -2.32. The van der Waals surface area contributed by atoms with Gasteiger partial charge in [-0.1, -0.05) is 48.0 Å². The van der Waals surface area contributed by atoms with Gasteiger partial charge in [-0.25, -0.2) is 8.42 Å². The third-order valence-corrected chi connectivity index (χ3v) is 7.93. The van der Waals surface area contributed by atoms with Crippen molar-refractivity contribution in [2.24, 2.45) is 0 Å². The number of likely N-dealkylation sites (N-methyl/N-ethyl adjacent to an activating group) is 1. The van der Waals surface area contributed by atoms with Gasteiger partial charge < -0.3 is 10.2 Å². The molecule has 0 aliphatic rings. The Morgan fingerprint density at radius 3 is 2.18 bits per heavy atom. The first-order chi connectivity index (χ1) is 18.1. The van der Waals surface area contributed by atoms with Crippen LogP contribution in [-0.4, -0.2) is 49.2 Å². The molecule has 3 rings (SSSR count). The first kappa shape index (κ1) is 28.6. The minimum atomic E-state index is -4.26. The molecule has 0 aromatic heterocycles. The fourth-order valence-electron chi connectivity index (χ4n) is 3.70. The van der Waals surface area contributed by atoms with Crippen LogP contribution in [0, 0.1) is 10.1 Å². The second-order valence-electron chi connectivity index (χ2n) is 8.28. The number of hydrogen-bond acceptors (Lipinski definition) is 6. The minimum Gasteiger partial charge on any atom is -0.355 e. The number of anilines is 1. The zero-order valence-electron chi connectivity index (χ0n) is 20.8. The summed E-state index contributed by atoms with van der Waals surface area (Å²) in [6.45, 7) is 2.92. The van der Waals surface area contributed by atoms with E-state index >= 15 is 0 Å². The Morgan fingerprint density at radius 1 is 1.00 bits per heavy atom. The average molecular weight is 559 g/mol. The lowest BCUT2D eigenvalue weighted by molar-refractivity contribution is -0.384. The second kappa shape index (κ2) is 12.5. The Bertz CT molecular complexity index is 1400. The number of nitro groups is 1. The van der Waals surface area contributed by atoms with Gasteiger partial charge in [0.05, 0.1) is 15.5 Å². The minimum absolute atomic E-state index is 0.0453. The van der Waals surface area contributed by atoms with Crippen LogP contribution in [0.25, 0.3) is 0 Å². The van der Waals surface area contributed by atoms with Crippen molar-refractivity contribution < 1.29 is 22.9 Å². The molecule has 0 heterocycles. The predicted molar refractivity (Wildman–Crippen MR) is 144 cm³/mol.